The molecule has 1 saturated heterocycles. The molecule has 0 N–H and O–H groups in total. The first-order valence-corrected chi connectivity index (χ1v) is 6.22. The number of carbonyl (C=O) groups is 2. The summed E-state index contributed by atoms with van der Waals surface area (Å²) in [5.74, 6) is -0.934. The third-order valence-electron chi connectivity index (χ3n) is 2.96. The van der Waals surface area contributed by atoms with E-state index in [4.69, 9.17) is 14.2 Å². The summed E-state index contributed by atoms with van der Waals surface area (Å²) in [5, 5.41) is 0. The smallest absolute Gasteiger partial charge is 0.332 e. The van der Waals surface area contributed by atoms with Crippen molar-refractivity contribution in [2.45, 2.75) is 13.3 Å². The van der Waals surface area contributed by atoms with Crippen molar-refractivity contribution in [1.82, 2.24) is 0 Å². The average molecular weight is 272 g/mol. The SMILES string of the molecule is C=CC(=O)OCCOCC(=O)OCC1(CC)COC1. The van der Waals surface area contributed by atoms with Gasteiger partial charge in [0.2, 0.25) is 0 Å². The van der Waals surface area contributed by atoms with Gasteiger partial charge in [0.1, 0.15) is 19.8 Å². The summed E-state index contributed by atoms with van der Waals surface area (Å²) >= 11 is 0. The highest BCUT2D eigenvalue weighted by molar-refractivity contribution is 5.81. The summed E-state index contributed by atoms with van der Waals surface area (Å²) in [6, 6.07) is 0. The van der Waals surface area contributed by atoms with Gasteiger partial charge in [0.05, 0.1) is 25.2 Å². The molecule has 1 aliphatic rings. The highest BCUT2D eigenvalue weighted by Crippen LogP contribution is 2.31. The van der Waals surface area contributed by atoms with Crippen LogP contribution >= 0.6 is 0 Å². The molecule has 0 atom stereocenters. The van der Waals surface area contributed by atoms with Crippen molar-refractivity contribution in [2.24, 2.45) is 5.41 Å². The minimum absolute atomic E-state index is 0.0187. The molecule has 0 spiro atoms. The molecule has 1 fully saturated rings. The zero-order valence-electron chi connectivity index (χ0n) is 11.2. The lowest BCUT2D eigenvalue weighted by Gasteiger charge is -2.39. The molecule has 6 nitrogen and oxygen atoms in total. The Hall–Kier alpha value is -1.40. The number of rotatable bonds is 9. The van der Waals surface area contributed by atoms with Crippen LogP contribution in [0.3, 0.4) is 0 Å². The predicted molar refractivity (Wildman–Crippen MR) is 66.5 cm³/mol. The van der Waals surface area contributed by atoms with Gasteiger partial charge < -0.3 is 18.9 Å². The van der Waals surface area contributed by atoms with Crippen LogP contribution in [0.25, 0.3) is 0 Å². The van der Waals surface area contributed by atoms with E-state index in [9.17, 15) is 9.59 Å². The average Bonchev–Trinajstić information content (AvgIpc) is 2.37. The third-order valence-corrected chi connectivity index (χ3v) is 2.96. The fourth-order valence-corrected chi connectivity index (χ4v) is 1.47. The molecular weight excluding hydrogens is 252 g/mol. The molecule has 0 aromatic carbocycles. The standard InChI is InChI=1S/C13H20O6/c1-3-11(14)18-6-5-16-7-12(15)19-10-13(4-2)8-17-9-13/h3H,1,4-10H2,2H3. The largest absolute Gasteiger partial charge is 0.463 e. The van der Waals surface area contributed by atoms with E-state index < -0.39 is 11.9 Å². The van der Waals surface area contributed by atoms with Gasteiger partial charge in [-0.2, -0.15) is 0 Å². The summed E-state index contributed by atoms with van der Waals surface area (Å²) in [6.07, 6.45) is 1.98. The van der Waals surface area contributed by atoms with E-state index in [1.54, 1.807) is 0 Å². The molecule has 0 unspecified atom stereocenters. The summed E-state index contributed by atoms with van der Waals surface area (Å²) in [4.78, 5) is 22.1. The second-order valence-corrected chi connectivity index (χ2v) is 4.43. The molecule has 0 aromatic rings. The van der Waals surface area contributed by atoms with Crippen molar-refractivity contribution in [3.8, 4) is 0 Å². The summed E-state index contributed by atoms with van der Waals surface area (Å²) in [5.41, 5.74) is -0.0187. The lowest BCUT2D eigenvalue weighted by atomic mass is 9.84. The van der Waals surface area contributed by atoms with Gasteiger partial charge in [0.25, 0.3) is 0 Å². The summed E-state index contributed by atoms with van der Waals surface area (Å²) < 4.78 is 20.0. The molecule has 19 heavy (non-hydrogen) atoms. The number of hydrogen-bond acceptors (Lipinski definition) is 6. The first kappa shape index (κ1) is 15.7. The van der Waals surface area contributed by atoms with Crippen molar-refractivity contribution in [1.29, 1.82) is 0 Å². The molecule has 108 valence electrons. The van der Waals surface area contributed by atoms with E-state index in [-0.39, 0.29) is 25.2 Å². The fourth-order valence-electron chi connectivity index (χ4n) is 1.47. The Morgan fingerprint density at radius 2 is 2.05 bits per heavy atom. The predicted octanol–water partition coefficient (Wildman–Crippen LogP) is 0.702. The Bertz CT molecular complexity index is 316. The minimum Gasteiger partial charge on any atom is -0.463 e. The molecule has 0 amide bonds. The highest BCUT2D eigenvalue weighted by Gasteiger charge is 2.38. The van der Waals surface area contributed by atoms with Crippen molar-refractivity contribution in [2.75, 3.05) is 39.6 Å². The van der Waals surface area contributed by atoms with Gasteiger partial charge >= 0.3 is 11.9 Å². The van der Waals surface area contributed by atoms with Gasteiger partial charge in [-0.25, -0.2) is 9.59 Å². The summed E-state index contributed by atoms with van der Waals surface area (Å²) in [6.45, 7) is 7.02. The molecule has 0 aromatic heterocycles. The van der Waals surface area contributed by atoms with Crippen molar-refractivity contribution in [3.05, 3.63) is 12.7 Å². The van der Waals surface area contributed by atoms with Crippen LogP contribution in [0.5, 0.6) is 0 Å². The molecular formula is C13H20O6. The van der Waals surface area contributed by atoms with Crippen molar-refractivity contribution in [3.63, 3.8) is 0 Å². The first-order valence-electron chi connectivity index (χ1n) is 6.22. The van der Waals surface area contributed by atoms with E-state index in [0.717, 1.165) is 12.5 Å². The van der Waals surface area contributed by atoms with Crippen molar-refractivity contribution < 1.29 is 28.5 Å². The Morgan fingerprint density at radius 3 is 2.58 bits per heavy atom. The topological polar surface area (TPSA) is 71.1 Å². The maximum absolute atomic E-state index is 11.4. The van der Waals surface area contributed by atoms with Crippen LogP contribution in [-0.4, -0.2) is 51.6 Å². The normalized spacial score (nSPS) is 16.3. The van der Waals surface area contributed by atoms with Gasteiger partial charge in [0.15, 0.2) is 0 Å². The van der Waals surface area contributed by atoms with Gasteiger partial charge in [-0.1, -0.05) is 13.5 Å². The van der Waals surface area contributed by atoms with E-state index in [1.807, 2.05) is 6.92 Å². The maximum Gasteiger partial charge on any atom is 0.332 e. The van der Waals surface area contributed by atoms with Crippen LogP contribution in [0.15, 0.2) is 12.7 Å². The zero-order valence-corrected chi connectivity index (χ0v) is 11.2. The van der Waals surface area contributed by atoms with Crippen molar-refractivity contribution >= 4 is 11.9 Å². The van der Waals surface area contributed by atoms with E-state index >= 15 is 0 Å². The Morgan fingerprint density at radius 1 is 1.32 bits per heavy atom. The molecule has 1 heterocycles. The van der Waals surface area contributed by atoms with Crippen LogP contribution in [0.4, 0.5) is 0 Å². The quantitative estimate of drug-likeness (QED) is 0.349. The molecule has 0 bridgehead atoms. The van der Waals surface area contributed by atoms with E-state index in [1.165, 1.54) is 0 Å². The lowest BCUT2D eigenvalue weighted by Crippen LogP contribution is -2.46. The van der Waals surface area contributed by atoms with Crippen LogP contribution in [0, 0.1) is 5.41 Å². The summed E-state index contributed by atoms with van der Waals surface area (Å²) in [7, 11) is 0. The Balaban J connectivity index is 2.02. The van der Waals surface area contributed by atoms with Gasteiger partial charge in [-0.05, 0) is 6.42 Å². The van der Waals surface area contributed by atoms with E-state index in [2.05, 4.69) is 11.3 Å². The Kier molecular flexibility index (Phi) is 6.52. The number of ether oxygens (including phenoxy) is 4. The van der Waals surface area contributed by atoms with Gasteiger partial charge in [-0.15, -0.1) is 0 Å². The number of esters is 2. The van der Waals surface area contributed by atoms with Gasteiger partial charge in [-0.3, -0.25) is 0 Å². The highest BCUT2D eigenvalue weighted by atomic mass is 16.6. The molecule has 1 rings (SSSR count). The van der Waals surface area contributed by atoms with E-state index in [0.29, 0.717) is 19.8 Å². The van der Waals surface area contributed by atoms with Crippen LogP contribution in [0.2, 0.25) is 0 Å². The van der Waals surface area contributed by atoms with Crippen LogP contribution in [0.1, 0.15) is 13.3 Å². The number of hydrogen-bond donors (Lipinski definition) is 0. The maximum atomic E-state index is 11.4. The lowest BCUT2D eigenvalue weighted by molar-refractivity contribution is -0.174. The molecule has 0 saturated carbocycles. The monoisotopic (exact) mass is 272 g/mol. The van der Waals surface area contributed by atoms with Gasteiger partial charge in [0, 0.05) is 6.08 Å². The Labute approximate surface area is 112 Å². The molecule has 0 radical (unpaired) electrons. The first-order chi connectivity index (χ1) is 9.12. The van der Waals surface area contributed by atoms with Crippen LogP contribution in [-0.2, 0) is 28.5 Å². The molecule has 1 aliphatic heterocycles. The molecule has 0 aliphatic carbocycles. The third kappa shape index (κ3) is 5.40. The van der Waals surface area contributed by atoms with Crippen LogP contribution < -0.4 is 0 Å². The second-order valence-electron chi connectivity index (χ2n) is 4.43. The molecule has 6 heteroatoms. The minimum atomic E-state index is -0.513. The second kappa shape index (κ2) is 7.91. The number of carbonyl (C=O) groups excluding carboxylic acids is 2. The fraction of sp³-hybridized carbons (Fsp3) is 0.692. The zero-order chi connectivity index (χ0) is 14.1.